The Hall–Kier alpha value is -1.42. The van der Waals surface area contributed by atoms with Gasteiger partial charge in [0.1, 0.15) is 0 Å². The molecule has 1 N–H and O–H groups in total. The molecule has 0 radical (unpaired) electrons. The highest BCUT2D eigenvalue weighted by molar-refractivity contribution is 8.01. The minimum Gasteiger partial charge on any atom is -0.303 e. The van der Waals surface area contributed by atoms with E-state index in [2.05, 4.69) is 29.0 Å². The highest BCUT2D eigenvalue weighted by atomic mass is 32.2. The van der Waals surface area contributed by atoms with Crippen molar-refractivity contribution in [1.29, 1.82) is 0 Å². The normalized spacial score (nSPS) is 15.8. The number of thiazole rings is 1. The van der Waals surface area contributed by atoms with Crippen molar-refractivity contribution in [2.75, 3.05) is 37.0 Å². The Bertz CT molecular complexity index is 995. The van der Waals surface area contributed by atoms with Gasteiger partial charge in [0.15, 0.2) is 15.0 Å². The van der Waals surface area contributed by atoms with Crippen LogP contribution in [0.4, 0.5) is 5.13 Å². The van der Waals surface area contributed by atoms with Gasteiger partial charge in [-0.1, -0.05) is 63.0 Å². The van der Waals surface area contributed by atoms with Crippen LogP contribution in [0.1, 0.15) is 57.4 Å². The molecule has 0 bridgehead atoms. The zero-order valence-corrected chi connectivity index (χ0v) is 22.2. The van der Waals surface area contributed by atoms with Crippen LogP contribution < -0.4 is 5.32 Å². The molecule has 2 aromatic rings. The lowest BCUT2D eigenvalue weighted by atomic mass is 9.87. The number of hydrogen-bond donors (Lipinski definition) is 1. The summed E-state index contributed by atoms with van der Waals surface area (Å²) < 4.78 is 24.8. The molecule has 3 rings (SSSR count). The summed E-state index contributed by atoms with van der Waals surface area (Å²) in [6, 6.07) is 6.78. The second-order valence-electron chi connectivity index (χ2n) is 8.63. The quantitative estimate of drug-likeness (QED) is 0.392. The molecule has 182 valence electrons. The Kier molecular flexibility index (Phi) is 9.79. The molecule has 0 aliphatic heterocycles. The summed E-state index contributed by atoms with van der Waals surface area (Å²) in [6.45, 7) is 7.48. The molecule has 1 saturated carbocycles. The lowest BCUT2D eigenvalue weighted by Crippen LogP contribution is -2.25. The SMILES string of the molecule is CCN(CC)CCSc1cnc(NC(=O)[C@@H](CC2CCCC2)c2ccc(S(C)(=O)=O)cc2)s1. The van der Waals surface area contributed by atoms with Gasteiger partial charge < -0.3 is 10.2 Å². The largest absolute Gasteiger partial charge is 0.303 e. The summed E-state index contributed by atoms with van der Waals surface area (Å²) in [5.41, 5.74) is 0.858. The van der Waals surface area contributed by atoms with E-state index in [-0.39, 0.29) is 16.7 Å². The first kappa shape index (κ1) is 26.2. The molecule has 1 amide bonds. The van der Waals surface area contributed by atoms with Crippen LogP contribution in [0.5, 0.6) is 0 Å². The van der Waals surface area contributed by atoms with E-state index in [1.165, 1.54) is 30.4 Å². The number of nitrogens with zero attached hydrogens (tertiary/aromatic N) is 2. The van der Waals surface area contributed by atoms with Crippen molar-refractivity contribution in [1.82, 2.24) is 9.88 Å². The number of aromatic nitrogens is 1. The number of benzene rings is 1. The van der Waals surface area contributed by atoms with E-state index in [0.717, 1.165) is 54.4 Å². The number of sulfone groups is 1. The molecule has 1 fully saturated rings. The Morgan fingerprint density at radius 2 is 1.88 bits per heavy atom. The standard InChI is InChI=1S/C24H35N3O3S3/c1-4-27(5-2)14-15-31-22-17-25-24(32-22)26-23(28)21(16-18-8-6-7-9-18)19-10-12-20(13-11-19)33(3,29)30/h10-13,17-18,21H,4-9,14-16H2,1-3H3,(H,25,26,28)/t21-/m0/s1. The van der Waals surface area contributed by atoms with Gasteiger partial charge in [-0.3, -0.25) is 4.79 Å². The number of anilines is 1. The lowest BCUT2D eigenvalue weighted by Gasteiger charge is -2.20. The molecule has 0 spiro atoms. The second-order valence-corrected chi connectivity index (χ2v) is 13.1. The third-order valence-corrected chi connectivity index (χ3v) is 9.55. The van der Waals surface area contributed by atoms with Crippen LogP contribution in [0.15, 0.2) is 39.6 Å². The van der Waals surface area contributed by atoms with Crippen molar-refractivity contribution in [2.45, 2.75) is 61.0 Å². The Balaban J connectivity index is 1.67. The number of rotatable bonds is 12. The van der Waals surface area contributed by atoms with Crippen molar-refractivity contribution in [2.24, 2.45) is 5.92 Å². The molecule has 1 aliphatic carbocycles. The summed E-state index contributed by atoms with van der Waals surface area (Å²) in [4.78, 5) is 20.4. The maximum absolute atomic E-state index is 13.3. The minimum absolute atomic E-state index is 0.0666. The van der Waals surface area contributed by atoms with Gasteiger partial charge in [-0.25, -0.2) is 13.4 Å². The van der Waals surface area contributed by atoms with Crippen LogP contribution in [0, 0.1) is 5.92 Å². The van der Waals surface area contributed by atoms with Crippen molar-refractivity contribution >= 4 is 44.0 Å². The van der Waals surface area contributed by atoms with Crippen LogP contribution >= 0.6 is 23.1 Å². The highest BCUT2D eigenvalue weighted by Crippen LogP contribution is 2.36. The van der Waals surface area contributed by atoms with Gasteiger partial charge in [-0.15, -0.1) is 11.8 Å². The molecule has 6 nitrogen and oxygen atoms in total. The topological polar surface area (TPSA) is 79.4 Å². The van der Waals surface area contributed by atoms with Gasteiger partial charge in [0.25, 0.3) is 0 Å². The number of amides is 1. The average Bonchev–Trinajstić information content (AvgIpc) is 3.46. The molecule has 1 aliphatic rings. The summed E-state index contributed by atoms with van der Waals surface area (Å²) >= 11 is 3.28. The van der Waals surface area contributed by atoms with Gasteiger partial charge in [-0.05, 0) is 43.1 Å². The fourth-order valence-electron chi connectivity index (χ4n) is 4.31. The predicted molar refractivity (Wildman–Crippen MR) is 138 cm³/mol. The Morgan fingerprint density at radius 3 is 2.48 bits per heavy atom. The van der Waals surface area contributed by atoms with E-state index in [0.29, 0.717) is 11.0 Å². The van der Waals surface area contributed by atoms with Crippen molar-refractivity contribution in [3.63, 3.8) is 0 Å². The number of carbonyl (C=O) groups excluding carboxylic acids is 1. The molecule has 1 aromatic carbocycles. The third kappa shape index (κ3) is 7.80. The van der Waals surface area contributed by atoms with Crippen molar-refractivity contribution in [3.8, 4) is 0 Å². The monoisotopic (exact) mass is 509 g/mol. The van der Waals surface area contributed by atoms with Gasteiger partial charge in [-0.2, -0.15) is 0 Å². The van der Waals surface area contributed by atoms with E-state index in [1.54, 1.807) is 36.0 Å². The van der Waals surface area contributed by atoms with Gasteiger partial charge in [0.2, 0.25) is 5.91 Å². The summed E-state index contributed by atoms with van der Waals surface area (Å²) in [7, 11) is -3.26. The molecule has 1 atom stereocenters. The maximum atomic E-state index is 13.3. The van der Waals surface area contributed by atoms with Gasteiger partial charge in [0, 0.05) is 18.6 Å². The lowest BCUT2D eigenvalue weighted by molar-refractivity contribution is -0.118. The summed E-state index contributed by atoms with van der Waals surface area (Å²) in [5.74, 6) is 1.14. The number of thioether (sulfide) groups is 1. The van der Waals surface area contributed by atoms with Gasteiger partial charge in [0.05, 0.1) is 21.2 Å². The number of carbonyl (C=O) groups is 1. The number of hydrogen-bond acceptors (Lipinski definition) is 7. The third-order valence-electron chi connectivity index (χ3n) is 6.33. The zero-order chi connectivity index (χ0) is 23.8. The van der Waals surface area contributed by atoms with Crippen LogP contribution in [0.3, 0.4) is 0 Å². The molecular formula is C24H35N3O3S3. The summed E-state index contributed by atoms with van der Waals surface area (Å²) in [5, 5.41) is 3.65. The van der Waals surface area contributed by atoms with Crippen molar-refractivity contribution in [3.05, 3.63) is 36.0 Å². The predicted octanol–water partition coefficient (Wildman–Crippen LogP) is 5.28. The minimum atomic E-state index is -3.26. The highest BCUT2D eigenvalue weighted by Gasteiger charge is 2.27. The molecule has 9 heteroatoms. The van der Waals surface area contributed by atoms with Crippen molar-refractivity contribution < 1.29 is 13.2 Å². The van der Waals surface area contributed by atoms with Gasteiger partial charge >= 0.3 is 0 Å². The molecule has 0 saturated heterocycles. The molecule has 0 unspecified atom stereocenters. The molecule has 33 heavy (non-hydrogen) atoms. The van der Waals surface area contributed by atoms with Crippen LogP contribution in [-0.4, -0.2) is 55.9 Å². The average molecular weight is 510 g/mol. The first-order valence-corrected chi connectivity index (χ1v) is 15.4. The van der Waals surface area contributed by atoms with Crippen LogP contribution in [0.2, 0.25) is 0 Å². The Labute approximate surface area is 206 Å². The first-order valence-electron chi connectivity index (χ1n) is 11.7. The van der Waals surface area contributed by atoms with E-state index in [4.69, 9.17) is 0 Å². The molecule has 1 aromatic heterocycles. The fourth-order valence-corrected chi connectivity index (χ4v) is 6.90. The van der Waals surface area contributed by atoms with E-state index in [1.807, 2.05) is 6.20 Å². The van der Waals surface area contributed by atoms with E-state index < -0.39 is 9.84 Å². The first-order chi connectivity index (χ1) is 15.8. The molecular weight excluding hydrogens is 474 g/mol. The second kappa shape index (κ2) is 12.3. The van der Waals surface area contributed by atoms with E-state index >= 15 is 0 Å². The number of nitrogens with one attached hydrogen (secondary N) is 1. The maximum Gasteiger partial charge on any atom is 0.233 e. The smallest absolute Gasteiger partial charge is 0.233 e. The van der Waals surface area contributed by atoms with E-state index in [9.17, 15) is 13.2 Å². The Morgan fingerprint density at radius 1 is 1.21 bits per heavy atom. The zero-order valence-electron chi connectivity index (χ0n) is 19.7. The molecule has 1 heterocycles. The summed E-state index contributed by atoms with van der Waals surface area (Å²) in [6.07, 6.45) is 8.54. The van der Waals surface area contributed by atoms with Crippen LogP contribution in [0.25, 0.3) is 0 Å². The van der Waals surface area contributed by atoms with Crippen LogP contribution in [-0.2, 0) is 14.6 Å². The fraction of sp³-hybridized carbons (Fsp3) is 0.583.